The molecule has 0 spiro atoms. The quantitative estimate of drug-likeness (QED) is 0.850. The number of benzene rings is 1. The minimum atomic E-state index is -3.57. The lowest BCUT2D eigenvalue weighted by Crippen LogP contribution is -2.37. The Morgan fingerprint density at radius 2 is 1.95 bits per heavy atom. The van der Waals surface area contributed by atoms with Gasteiger partial charge in [-0.3, -0.25) is 0 Å². The molecule has 0 saturated carbocycles. The molecule has 19 heavy (non-hydrogen) atoms. The van der Waals surface area contributed by atoms with Gasteiger partial charge in [-0.05, 0) is 44.9 Å². The lowest BCUT2D eigenvalue weighted by Gasteiger charge is -2.26. The highest BCUT2D eigenvalue weighted by Gasteiger charge is 2.28. The highest BCUT2D eigenvalue weighted by Crippen LogP contribution is 2.29. The maximum atomic E-state index is 12.7. The normalized spacial score (nSPS) is 12.4. The molecule has 1 rings (SSSR count). The zero-order valence-electron chi connectivity index (χ0n) is 11.8. The minimum absolute atomic E-state index is 0.107. The van der Waals surface area contributed by atoms with Crippen LogP contribution in [-0.4, -0.2) is 25.3 Å². The summed E-state index contributed by atoms with van der Waals surface area (Å²) in [6, 6.07) is 2.92. The summed E-state index contributed by atoms with van der Waals surface area (Å²) in [6.45, 7) is 7.84. The molecule has 0 atom stereocenters. The fraction of sp³-hybridized carbons (Fsp3) is 0.538. The van der Waals surface area contributed by atoms with Crippen LogP contribution < -0.4 is 5.73 Å². The Kier molecular flexibility index (Phi) is 5.24. The van der Waals surface area contributed by atoms with E-state index in [1.165, 1.54) is 10.4 Å². The third kappa shape index (κ3) is 3.41. The van der Waals surface area contributed by atoms with Crippen molar-refractivity contribution in [1.82, 2.24) is 4.31 Å². The first-order valence-corrected chi connectivity index (χ1v) is 8.11. The minimum Gasteiger partial charge on any atom is -0.398 e. The van der Waals surface area contributed by atoms with E-state index in [-0.39, 0.29) is 10.9 Å². The molecule has 0 aliphatic rings. The van der Waals surface area contributed by atoms with Gasteiger partial charge in [0.05, 0.1) is 4.90 Å². The Morgan fingerprint density at radius 1 is 1.37 bits per heavy atom. The number of rotatable bonds is 5. The molecule has 1 aromatic rings. The first-order chi connectivity index (χ1) is 8.71. The third-order valence-corrected chi connectivity index (χ3v) is 5.39. The van der Waals surface area contributed by atoms with Gasteiger partial charge in [0.2, 0.25) is 10.0 Å². The van der Waals surface area contributed by atoms with Crippen molar-refractivity contribution in [3.63, 3.8) is 0 Å². The Balaban J connectivity index is 3.41. The smallest absolute Gasteiger partial charge is 0.243 e. The first-order valence-electron chi connectivity index (χ1n) is 6.29. The average Bonchev–Trinajstić information content (AvgIpc) is 2.29. The zero-order valence-corrected chi connectivity index (χ0v) is 13.3. The van der Waals surface area contributed by atoms with Gasteiger partial charge in [-0.15, -0.1) is 0 Å². The molecule has 0 aliphatic heterocycles. The van der Waals surface area contributed by atoms with Crippen molar-refractivity contribution in [2.45, 2.75) is 45.1 Å². The second-order valence-electron chi connectivity index (χ2n) is 4.83. The van der Waals surface area contributed by atoms with Gasteiger partial charge in [-0.2, -0.15) is 4.31 Å². The van der Waals surface area contributed by atoms with Gasteiger partial charge in [0.1, 0.15) is 0 Å². The number of nitrogens with zero attached hydrogens (tertiary/aromatic N) is 1. The van der Waals surface area contributed by atoms with Gasteiger partial charge in [0.25, 0.3) is 0 Å². The van der Waals surface area contributed by atoms with Crippen LogP contribution in [-0.2, 0) is 10.0 Å². The second-order valence-corrected chi connectivity index (χ2v) is 7.12. The first kappa shape index (κ1) is 16.3. The van der Waals surface area contributed by atoms with Crippen LogP contribution in [0.2, 0.25) is 5.02 Å². The summed E-state index contributed by atoms with van der Waals surface area (Å²) >= 11 is 5.93. The van der Waals surface area contributed by atoms with Gasteiger partial charge in [0.15, 0.2) is 0 Å². The molecule has 0 bridgehead atoms. The van der Waals surface area contributed by atoms with E-state index in [9.17, 15) is 8.42 Å². The highest BCUT2D eigenvalue weighted by molar-refractivity contribution is 7.89. The predicted molar refractivity (Wildman–Crippen MR) is 79.9 cm³/mol. The van der Waals surface area contributed by atoms with E-state index in [1.54, 1.807) is 13.0 Å². The Hall–Kier alpha value is -0.780. The number of hydrogen-bond acceptors (Lipinski definition) is 3. The molecule has 0 radical (unpaired) electrons. The second kappa shape index (κ2) is 6.11. The Labute approximate surface area is 120 Å². The summed E-state index contributed by atoms with van der Waals surface area (Å²) in [5, 5.41) is 0.335. The van der Waals surface area contributed by atoms with Crippen LogP contribution in [0.3, 0.4) is 0 Å². The van der Waals surface area contributed by atoms with Crippen molar-refractivity contribution in [2.75, 3.05) is 12.3 Å². The molecule has 6 heteroatoms. The monoisotopic (exact) mass is 304 g/mol. The summed E-state index contributed by atoms with van der Waals surface area (Å²) in [5.74, 6) is 0. The molecule has 0 saturated heterocycles. The molecule has 4 nitrogen and oxygen atoms in total. The van der Waals surface area contributed by atoms with Gasteiger partial charge < -0.3 is 5.73 Å². The van der Waals surface area contributed by atoms with Crippen LogP contribution in [0.5, 0.6) is 0 Å². The third-order valence-electron chi connectivity index (χ3n) is 2.97. The van der Waals surface area contributed by atoms with Crippen LogP contribution >= 0.6 is 11.6 Å². The van der Waals surface area contributed by atoms with E-state index in [1.807, 2.05) is 20.8 Å². The van der Waals surface area contributed by atoms with Crippen LogP contribution in [0.1, 0.15) is 32.8 Å². The lowest BCUT2D eigenvalue weighted by molar-refractivity contribution is 0.354. The summed E-state index contributed by atoms with van der Waals surface area (Å²) in [4.78, 5) is 0.194. The van der Waals surface area contributed by atoms with Gasteiger partial charge in [0, 0.05) is 23.3 Å². The van der Waals surface area contributed by atoms with Gasteiger partial charge >= 0.3 is 0 Å². The topological polar surface area (TPSA) is 63.4 Å². The van der Waals surface area contributed by atoms with Crippen LogP contribution in [0.25, 0.3) is 0 Å². The largest absolute Gasteiger partial charge is 0.398 e. The molecule has 108 valence electrons. The van der Waals surface area contributed by atoms with Crippen molar-refractivity contribution in [3.05, 3.63) is 22.7 Å². The van der Waals surface area contributed by atoms with Crippen LogP contribution in [0, 0.1) is 6.92 Å². The molecular formula is C13H21ClN2O2S. The fourth-order valence-corrected chi connectivity index (χ4v) is 4.25. The summed E-state index contributed by atoms with van der Waals surface area (Å²) in [7, 11) is -3.57. The SMILES string of the molecule is CCCN(C(C)C)S(=O)(=O)c1cc(Cl)cc(N)c1C. The predicted octanol–water partition coefficient (Wildman–Crippen LogP) is 3.04. The summed E-state index contributed by atoms with van der Waals surface area (Å²) < 4.78 is 26.9. The van der Waals surface area contributed by atoms with Crippen molar-refractivity contribution in [2.24, 2.45) is 0 Å². The molecule has 0 fully saturated rings. The van der Waals surface area contributed by atoms with Crippen molar-refractivity contribution in [1.29, 1.82) is 0 Å². The molecule has 1 aromatic carbocycles. The maximum Gasteiger partial charge on any atom is 0.243 e. The molecule has 2 N–H and O–H groups in total. The molecular weight excluding hydrogens is 284 g/mol. The highest BCUT2D eigenvalue weighted by atomic mass is 35.5. The number of anilines is 1. The molecule has 0 unspecified atom stereocenters. The fourth-order valence-electron chi connectivity index (χ4n) is 1.94. The van der Waals surface area contributed by atoms with Gasteiger partial charge in [-0.25, -0.2) is 8.42 Å². The number of halogens is 1. The molecule has 0 aliphatic carbocycles. The van der Waals surface area contributed by atoms with E-state index < -0.39 is 10.0 Å². The lowest BCUT2D eigenvalue weighted by atomic mass is 10.2. The number of sulfonamides is 1. The van der Waals surface area contributed by atoms with Gasteiger partial charge in [-0.1, -0.05) is 18.5 Å². The van der Waals surface area contributed by atoms with E-state index in [0.717, 1.165) is 6.42 Å². The van der Waals surface area contributed by atoms with E-state index in [4.69, 9.17) is 17.3 Å². The van der Waals surface area contributed by atoms with Crippen molar-refractivity contribution in [3.8, 4) is 0 Å². The Bertz CT molecular complexity index is 556. The molecule has 0 aromatic heterocycles. The summed E-state index contributed by atoms with van der Waals surface area (Å²) in [6.07, 6.45) is 0.756. The zero-order chi connectivity index (χ0) is 14.8. The maximum absolute atomic E-state index is 12.7. The summed E-state index contributed by atoms with van der Waals surface area (Å²) in [5.41, 5.74) is 6.74. The van der Waals surface area contributed by atoms with Crippen LogP contribution in [0.15, 0.2) is 17.0 Å². The Morgan fingerprint density at radius 3 is 2.42 bits per heavy atom. The number of nitrogen functional groups attached to an aromatic ring is 1. The van der Waals surface area contributed by atoms with E-state index in [2.05, 4.69) is 0 Å². The standard InChI is InChI=1S/C13H21ClN2O2S/c1-5-6-16(9(2)3)19(17,18)13-8-11(14)7-12(15)10(13)4/h7-9H,5-6,15H2,1-4H3. The number of hydrogen-bond donors (Lipinski definition) is 1. The van der Waals surface area contributed by atoms with E-state index in [0.29, 0.717) is 22.8 Å². The number of nitrogens with two attached hydrogens (primary N) is 1. The van der Waals surface area contributed by atoms with E-state index >= 15 is 0 Å². The molecule has 0 heterocycles. The van der Waals surface area contributed by atoms with Crippen LogP contribution in [0.4, 0.5) is 5.69 Å². The van der Waals surface area contributed by atoms with Crippen molar-refractivity contribution < 1.29 is 8.42 Å². The van der Waals surface area contributed by atoms with Crippen molar-refractivity contribution >= 4 is 27.3 Å². The molecule has 0 amide bonds. The average molecular weight is 305 g/mol.